The van der Waals surface area contributed by atoms with Crippen LogP contribution in [0.25, 0.3) is 21.6 Å². The summed E-state index contributed by atoms with van der Waals surface area (Å²) in [6.45, 7) is 3.53. The van der Waals surface area contributed by atoms with E-state index in [1.54, 1.807) is 10.9 Å². The Bertz CT molecular complexity index is 1280. The average molecular weight is 450 g/mol. The van der Waals surface area contributed by atoms with Gasteiger partial charge in [0, 0.05) is 50.7 Å². The van der Waals surface area contributed by atoms with Gasteiger partial charge in [-0.2, -0.15) is 0 Å². The van der Waals surface area contributed by atoms with Gasteiger partial charge in [-0.25, -0.2) is 9.67 Å². The van der Waals surface area contributed by atoms with E-state index in [4.69, 9.17) is 11.5 Å². The molecular weight excluding hydrogens is 426 g/mol. The lowest BCUT2D eigenvalue weighted by Crippen LogP contribution is -2.30. The molecule has 4 N–H and O–H groups in total. The molecule has 5 rings (SSSR count). The average Bonchev–Trinajstić information content (AvgIpc) is 3.28. The molecule has 10 nitrogen and oxygen atoms in total. The van der Waals surface area contributed by atoms with Crippen molar-refractivity contribution in [1.82, 2.24) is 25.2 Å². The van der Waals surface area contributed by atoms with E-state index in [2.05, 4.69) is 42.4 Å². The third-order valence-corrected chi connectivity index (χ3v) is 6.91. The molecule has 32 heavy (non-hydrogen) atoms. The number of nitrogens with zero attached hydrogens (tertiary/aromatic N) is 7. The Balaban J connectivity index is 1.37. The van der Waals surface area contributed by atoms with Crippen LogP contribution in [0.5, 0.6) is 0 Å². The predicted molar refractivity (Wildman–Crippen MR) is 126 cm³/mol. The third-order valence-electron chi connectivity index (χ3n) is 5.78. The Labute approximate surface area is 188 Å². The number of tetrazole rings is 1. The van der Waals surface area contributed by atoms with Gasteiger partial charge in [0.05, 0.1) is 16.8 Å². The molecule has 0 radical (unpaired) electrons. The minimum atomic E-state index is -0.515. The number of aryl methyl sites for hydroxylation is 1. The van der Waals surface area contributed by atoms with E-state index in [0.29, 0.717) is 10.6 Å². The van der Waals surface area contributed by atoms with E-state index in [1.165, 1.54) is 11.3 Å². The second-order valence-corrected chi connectivity index (χ2v) is 8.72. The molecule has 0 spiro atoms. The second kappa shape index (κ2) is 8.08. The van der Waals surface area contributed by atoms with Crippen molar-refractivity contribution in [2.75, 3.05) is 41.7 Å². The summed E-state index contributed by atoms with van der Waals surface area (Å²) in [5, 5.41) is 12.5. The number of benzene rings is 1. The van der Waals surface area contributed by atoms with Crippen LogP contribution in [-0.2, 0) is 7.05 Å². The molecule has 3 aromatic heterocycles. The Kier molecular flexibility index (Phi) is 5.10. The van der Waals surface area contributed by atoms with Crippen molar-refractivity contribution >= 4 is 44.5 Å². The largest absolute Gasteiger partial charge is 0.397 e. The first kappa shape index (κ1) is 20.2. The maximum absolute atomic E-state index is 11.7. The number of rotatable bonds is 4. The number of nitrogen functional groups attached to an aromatic ring is 1. The van der Waals surface area contributed by atoms with E-state index in [-0.39, 0.29) is 0 Å². The Hall–Kier alpha value is -3.73. The van der Waals surface area contributed by atoms with Gasteiger partial charge in [0.15, 0.2) is 5.82 Å². The Morgan fingerprint density at radius 3 is 2.53 bits per heavy atom. The van der Waals surface area contributed by atoms with E-state index in [9.17, 15) is 4.79 Å². The molecule has 0 unspecified atom stereocenters. The molecule has 0 saturated carbocycles. The number of fused-ring (bicyclic) bond motifs is 1. The fraction of sp³-hybridized carbons (Fsp3) is 0.286. The van der Waals surface area contributed by atoms with Gasteiger partial charge in [-0.1, -0.05) is 0 Å². The minimum absolute atomic E-state index is 0.370. The Morgan fingerprint density at radius 1 is 1.06 bits per heavy atom. The molecule has 0 bridgehead atoms. The number of carbonyl (C=O) groups excluding carboxylic acids is 1. The van der Waals surface area contributed by atoms with E-state index < -0.39 is 5.91 Å². The third kappa shape index (κ3) is 3.50. The highest BCUT2D eigenvalue weighted by Crippen LogP contribution is 2.38. The predicted octanol–water partition coefficient (Wildman–Crippen LogP) is 1.88. The SMILES string of the molecule is Cn1nnnc1-c1ccc(N2CCCN(c3ccnc4sc(C(N)=O)c(N)c34)CC2)cc1. The summed E-state index contributed by atoms with van der Waals surface area (Å²) in [5.41, 5.74) is 15.4. The van der Waals surface area contributed by atoms with Crippen LogP contribution >= 0.6 is 11.3 Å². The first-order valence-electron chi connectivity index (χ1n) is 10.3. The summed E-state index contributed by atoms with van der Waals surface area (Å²) >= 11 is 1.25. The van der Waals surface area contributed by atoms with Gasteiger partial charge in [0.2, 0.25) is 0 Å². The second-order valence-electron chi connectivity index (χ2n) is 7.72. The molecule has 11 heteroatoms. The number of aromatic nitrogens is 5. The molecule has 164 valence electrons. The van der Waals surface area contributed by atoms with Gasteiger partial charge in [-0.05, 0) is 47.2 Å². The lowest BCUT2D eigenvalue weighted by Gasteiger charge is -2.25. The first-order valence-corrected chi connectivity index (χ1v) is 11.1. The number of thiophene rings is 1. The summed E-state index contributed by atoms with van der Waals surface area (Å²) in [5.74, 6) is 0.225. The van der Waals surface area contributed by atoms with Gasteiger partial charge in [-0.15, -0.1) is 16.4 Å². The van der Waals surface area contributed by atoms with Crippen LogP contribution in [0.3, 0.4) is 0 Å². The quantitative estimate of drug-likeness (QED) is 0.483. The van der Waals surface area contributed by atoms with E-state index in [0.717, 1.165) is 65.6 Å². The van der Waals surface area contributed by atoms with Crippen LogP contribution in [0.2, 0.25) is 0 Å². The highest BCUT2D eigenvalue weighted by Gasteiger charge is 2.22. The van der Waals surface area contributed by atoms with Crippen LogP contribution in [-0.4, -0.2) is 57.3 Å². The number of hydrogen-bond acceptors (Lipinski definition) is 9. The van der Waals surface area contributed by atoms with E-state index >= 15 is 0 Å². The fourth-order valence-corrected chi connectivity index (χ4v) is 5.12. The molecule has 1 aromatic carbocycles. The van der Waals surface area contributed by atoms with Crippen molar-refractivity contribution in [3.05, 3.63) is 41.4 Å². The standard InChI is InChI=1S/C21H23N9OS/c1-28-20(25-26-27-28)13-3-5-14(6-4-13)29-9-2-10-30(12-11-29)15-7-8-24-21-16(15)17(22)18(32-21)19(23)31/h3-8H,2,9-12,22H2,1H3,(H2,23,31). The molecule has 0 aliphatic carbocycles. The number of anilines is 3. The molecular formula is C21H23N9OS. The first-order chi connectivity index (χ1) is 15.5. The summed E-state index contributed by atoms with van der Waals surface area (Å²) in [6.07, 6.45) is 2.76. The normalized spacial score (nSPS) is 14.7. The molecule has 4 aromatic rings. The number of carbonyl (C=O) groups is 1. The summed E-state index contributed by atoms with van der Waals surface area (Å²) in [4.78, 5) is 21.9. The number of primary amides is 1. The van der Waals surface area contributed by atoms with Gasteiger partial charge < -0.3 is 21.3 Å². The maximum Gasteiger partial charge on any atom is 0.260 e. The highest BCUT2D eigenvalue weighted by atomic mass is 32.1. The van der Waals surface area contributed by atoms with Crippen molar-refractivity contribution in [2.24, 2.45) is 12.8 Å². The maximum atomic E-state index is 11.7. The molecule has 0 atom stereocenters. The van der Waals surface area contributed by atoms with Gasteiger partial charge in [0.1, 0.15) is 9.71 Å². The smallest absolute Gasteiger partial charge is 0.260 e. The van der Waals surface area contributed by atoms with Gasteiger partial charge in [-0.3, -0.25) is 4.79 Å². The topological polar surface area (TPSA) is 132 Å². The molecule has 1 amide bonds. The number of amides is 1. The number of nitrogens with two attached hydrogens (primary N) is 2. The zero-order valence-electron chi connectivity index (χ0n) is 17.6. The summed E-state index contributed by atoms with van der Waals surface area (Å²) < 4.78 is 1.66. The van der Waals surface area contributed by atoms with Crippen LogP contribution in [0.1, 0.15) is 16.1 Å². The number of hydrogen-bond donors (Lipinski definition) is 2. The molecule has 1 aliphatic rings. The van der Waals surface area contributed by atoms with Crippen LogP contribution in [0, 0.1) is 0 Å². The fourth-order valence-electron chi connectivity index (χ4n) is 4.19. The summed E-state index contributed by atoms with van der Waals surface area (Å²) in [6, 6.07) is 10.3. The van der Waals surface area contributed by atoms with Crippen LogP contribution in [0.4, 0.5) is 17.1 Å². The molecule has 1 fully saturated rings. The van der Waals surface area contributed by atoms with Gasteiger partial charge >= 0.3 is 0 Å². The van der Waals surface area contributed by atoms with Crippen LogP contribution in [0.15, 0.2) is 36.5 Å². The van der Waals surface area contributed by atoms with Crippen molar-refractivity contribution in [2.45, 2.75) is 6.42 Å². The van der Waals surface area contributed by atoms with Crippen molar-refractivity contribution < 1.29 is 4.79 Å². The monoisotopic (exact) mass is 449 g/mol. The van der Waals surface area contributed by atoms with Crippen molar-refractivity contribution in [3.8, 4) is 11.4 Å². The van der Waals surface area contributed by atoms with E-state index in [1.807, 2.05) is 25.2 Å². The highest BCUT2D eigenvalue weighted by molar-refractivity contribution is 7.21. The molecule has 4 heterocycles. The zero-order valence-corrected chi connectivity index (χ0v) is 18.4. The lowest BCUT2D eigenvalue weighted by molar-refractivity contribution is 0.100. The van der Waals surface area contributed by atoms with Gasteiger partial charge in [0.25, 0.3) is 5.91 Å². The van der Waals surface area contributed by atoms with Crippen LogP contribution < -0.4 is 21.3 Å². The molecule has 1 saturated heterocycles. The Morgan fingerprint density at radius 2 is 1.81 bits per heavy atom. The van der Waals surface area contributed by atoms with Crippen molar-refractivity contribution in [1.29, 1.82) is 0 Å². The minimum Gasteiger partial charge on any atom is -0.397 e. The van der Waals surface area contributed by atoms with Crippen molar-refractivity contribution in [3.63, 3.8) is 0 Å². The lowest BCUT2D eigenvalue weighted by atomic mass is 10.2. The number of pyridine rings is 1. The molecule has 1 aliphatic heterocycles. The summed E-state index contributed by atoms with van der Waals surface area (Å²) in [7, 11) is 1.83. The zero-order chi connectivity index (χ0) is 22.2.